The Labute approximate surface area is 194 Å². The molecule has 0 spiro atoms. The third kappa shape index (κ3) is 4.16. The first-order valence-corrected chi connectivity index (χ1v) is 11.3. The number of ether oxygens (including phenoxy) is 2. The molecule has 0 aliphatic carbocycles. The maximum atomic E-state index is 13.2. The highest BCUT2D eigenvalue weighted by atomic mass is 16.5. The van der Waals surface area contributed by atoms with Crippen LogP contribution in [0.15, 0.2) is 60.5 Å². The van der Waals surface area contributed by atoms with Crippen molar-refractivity contribution in [1.82, 2.24) is 9.88 Å². The predicted molar refractivity (Wildman–Crippen MR) is 128 cm³/mol. The van der Waals surface area contributed by atoms with Crippen LogP contribution in [0.25, 0.3) is 6.08 Å². The largest absolute Gasteiger partial charge is 0.477 e. The number of fused-ring (bicyclic) bond motifs is 2. The number of benzene rings is 2. The lowest BCUT2D eigenvalue weighted by molar-refractivity contribution is 0.0865. The average Bonchev–Trinajstić information content (AvgIpc) is 3.10. The number of carbonyl (C=O) groups is 1. The topological polar surface area (TPSA) is 51.7 Å². The molecular weight excluding hydrogens is 412 g/mol. The fourth-order valence-corrected chi connectivity index (χ4v) is 4.35. The Bertz CT molecular complexity index is 1240. The number of nitrogens with zero attached hydrogens (tertiary/aromatic N) is 2. The molecule has 0 saturated carbocycles. The lowest BCUT2D eigenvalue weighted by Crippen LogP contribution is -2.32. The molecule has 0 fully saturated rings. The fraction of sp³-hybridized carbons (Fsp3) is 0.286. The first kappa shape index (κ1) is 21.4. The zero-order chi connectivity index (χ0) is 23.2. The highest BCUT2D eigenvalue weighted by Crippen LogP contribution is 2.43. The van der Waals surface area contributed by atoms with Gasteiger partial charge in [0.1, 0.15) is 18.2 Å². The predicted octanol–water partition coefficient (Wildman–Crippen LogP) is 5.66. The van der Waals surface area contributed by atoms with Gasteiger partial charge >= 0.3 is 0 Å². The second-order valence-electron chi connectivity index (χ2n) is 9.76. The summed E-state index contributed by atoms with van der Waals surface area (Å²) in [6, 6.07) is 16.1. The Morgan fingerprint density at radius 1 is 1.09 bits per heavy atom. The number of hydrogen-bond acceptors (Lipinski definition) is 5. The summed E-state index contributed by atoms with van der Waals surface area (Å²) in [6.45, 7) is 10.4. The number of ketones is 1. The fourth-order valence-electron chi connectivity index (χ4n) is 4.35. The van der Waals surface area contributed by atoms with Crippen LogP contribution in [0, 0.1) is 6.92 Å². The van der Waals surface area contributed by atoms with Gasteiger partial charge in [0.05, 0.1) is 11.3 Å². The van der Waals surface area contributed by atoms with Crippen LogP contribution in [-0.2, 0) is 18.5 Å². The van der Waals surface area contributed by atoms with Crippen LogP contribution in [0.5, 0.6) is 11.5 Å². The number of aromatic nitrogens is 1. The number of allylic oxidation sites excluding steroid dienone is 1. The summed E-state index contributed by atoms with van der Waals surface area (Å²) >= 11 is 0. The van der Waals surface area contributed by atoms with Crippen LogP contribution >= 0.6 is 0 Å². The quantitative estimate of drug-likeness (QED) is 0.492. The first-order chi connectivity index (χ1) is 15.8. The Morgan fingerprint density at radius 3 is 2.58 bits per heavy atom. The normalized spacial score (nSPS) is 16.8. The lowest BCUT2D eigenvalue weighted by Gasteiger charge is -2.30. The first-order valence-electron chi connectivity index (χ1n) is 11.3. The van der Waals surface area contributed by atoms with Gasteiger partial charge in [-0.3, -0.25) is 14.7 Å². The van der Waals surface area contributed by atoms with Gasteiger partial charge in [0.2, 0.25) is 5.78 Å². The summed E-state index contributed by atoms with van der Waals surface area (Å²) in [4.78, 5) is 19.8. The van der Waals surface area contributed by atoms with Crippen molar-refractivity contribution in [2.24, 2.45) is 0 Å². The molecule has 5 heteroatoms. The molecule has 1 aromatic heterocycles. The van der Waals surface area contributed by atoms with Gasteiger partial charge in [-0.2, -0.15) is 0 Å². The van der Waals surface area contributed by atoms with Crippen molar-refractivity contribution < 1.29 is 14.3 Å². The van der Waals surface area contributed by atoms with Gasteiger partial charge in [-0.1, -0.05) is 51.1 Å². The van der Waals surface area contributed by atoms with Crippen molar-refractivity contribution in [3.05, 3.63) is 94.0 Å². The van der Waals surface area contributed by atoms with Crippen molar-refractivity contribution in [2.45, 2.75) is 46.2 Å². The van der Waals surface area contributed by atoms with Crippen LogP contribution in [0.3, 0.4) is 0 Å². The number of carbonyl (C=O) groups excluding carboxylic acids is 1. The molecule has 0 unspecified atom stereocenters. The number of hydrogen-bond donors (Lipinski definition) is 0. The Kier molecular flexibility index (Phi) is 5.29. The summed E-state index contributed by atoms with van der Waals surface area (Å²) in [5, 5.41) is 0. The van der Waals surface area contributed by atoms with E-state index < -0.39 is 0 Å². The molecule has 33 heavy (non-hydrogen) atoms. The second-order valence-corrected chi connectivity index (χ2v) is 9.76. The molecule has 5 nitrogen and oxygen atoms in total. The van der Waals surface area contributed by atoms with Gasteiger partial charge in [0, 0.05) is 30.4 Å². The molecule has 0 N–H and O–H groups in total. The van der Waals surface area contributed by atoms with Crippen LogP contribution in [-0.4, -0.2) is 22.4 Å². The van der Waals surface area contributed by atoms with Crippen LogP contribution in [0.4, 0.5) is 0 Å². The molecule has 0 saturated heterocycles. The molecule has 2 aliphatic heterocycles. The van der Waals surface area contributed by atoms with Gasteiger partial charge < -0.3 is 9.47 Å². The van der Waals surface area contributed by atoms with Crippen LogP contribution in [0.2, 0.25) is 0 Å². The summed E-state index contributed by atoms with van der Waals surface area (Å²) in [7, 11) is 0. The minimum atomic E-state index is -0.0855. The number of pyridine rings is 1. The molecule has 3 heterocycles. The summed E-state index contributed by atoms with van der Waals surface area (Å²) in [5.74, 6) is 1.69. The smallest absolute Gasteiger partial charge is 0.231 e. The van der Waals surface area contributed by atoms with E-state index >= 15 is 0 Å². The van der Waals surface area contributed by atoms with Crippen LogP contribution in [0.1, 0.15) is 59.1 Å². The zero-order valence-corrected chi connectivity index (χ0v) is 19.5. The molecule has 168 valence electrons. The van der Waals surface area contributed by atoms with Crippen molar-refractivity contribution in [2.75, 3.05) is 6.73 Å². The van der Waals surface area contributed by atoms with E-state index in [9.17, 15) is 4.79 Å². The van der Waals surface area contributed by atoms with Gasteiger partial charge in [-0.25, -0.2) is 0 Å². The van der Waals surface area contributed by atoms with Gasteiger partial charge in [-0.05, 0) is 47.7 Å². The van der Waals surface area contributed by atoms with Crippen LogP contribution < -0.4 is 9.47 Å². The van der Waals surface area contributed by atoms with E-state index in [1.165, 1.54) is 5.56 Å². The molecule has 0 atom stereocenters. The zero-order valence-electron chi connectivity index (χ0n) is 19.5. The minimum absolute atomic E-state index is 0.0855. The standard InChI is InChI=1S/C28H28N2O3/c1-18-26-20(15-30(17-32-26)16-22-7-5-6-12-29-22)14-23-25(31)24(33-27(18)23)13-19-8-10-21(11-9-19)28(2,3)4/h5-14H,15-17H2,1-4H3/b24-13-. The molecule has 0 amide bonds. The maximum Gasteiger partial charge on any atom is 0.231 e. The summed E-state index contributed by atoms with van der Waals surface area (Å²) in [5.41, 5.74) is 5.75. The highest BCUT2D eigenvalue weighted by Gasteiger charge is 2.33. The third-order valence-electron chi connectivity index (χ3n) is 6.19. The van der Waals surface area contributed by atoms with Crippen molar-refractivity contribution in [1.29, 1.82) is 0 Å². The van der Waals surface area contributed by atoms with E-state index in [-0.39, 0.29) is 11.2 Å². The number of Topliss-reactive ketones (excluding diaryl/α,β-unsaturated/α-hetero) is 1. The van der Waals surface area contributed by atoms with E-state index in [0.717, 1.165) is 28.1 Å². The number of rotatable bonds is 3. The van der Waals surface area contributed by atoms with Gasteiger partial charge in [0.15, 0.2) is 5.76 Å². The molecule has 2 aliphatic rings. The monoisotopic (exact) mass is 440 g/mol. The van der Waals surface area contributed by atoms with E-state index in [0.29, 0.717) is 36.9 Å². The third-order valence-corrected chi connectivity index (χ3v) is 6.19. The average molecular weight is 441 g/mol. The summed E-state index contributed by atoms with van der Waals surface area (Å²) < 4.78 is 12.1. The van der Waals surface area contributed by atoms with E-state index in [4.69, 9.17) is 9.47 Å². The van der Waals surface area contributed by atoms with Gasteiger partial charge in [0.25, 0.3) is 0 Å². The molecule has 2 aromatic carbocycles. The Morgan fingerprint density at radius 2 is 1.88 bits per heavy atom. The summed E-state index contributed by atoms with van der Waals surface area (Å²) in [6.07, 6.45) is 3.62. The lowest BCUT2D eigenvalue weighted by atomic mass is 9.86. The van der Waals surface area contributed by atoms with E-state index in [1.807, 2.05) is 49.4 Å². The van der Waals surface area contributed by atoms with Crippen molar-refractivity contribution in [3.63, 3.8) is 0 Å². The molecule has 0 bridgehead atoms. The van der Waals surface area contributed by atoms with Crippen molar-refractivity contribution in [3.8, 4) is 11.5 Å². The highest BCUT2D eigenvalue weighted by molar-refractivity contribution is 6.15. The SMILES string of the molecule is Cc1c2c(cc3c1O/C(=C\c1ccc(C(C)(C)C)cc1)C3=O)CN(Cc1ccccn1)CO2. The van der Waals surface area contributed by atoms with Crippen molar-refractivity contribution >= 4 is 11.9 Å². The molecule has 5 rings (SSSR count). The Hall–Kier alpha value is -3.44. The molecular formula is C28H28N2O3. The van der Waals surface area contributed by atoms with E-state index in [2.05, 4.69) is 42.8 Å². The second kappa shape index (κ2) is 8.16. The molecule has 0 radical (unpaired) electrons. The van der Waals surface area contributed by atoms with Gasteiger partial charge in [-0.15, -0.1) is 0 Å². The minimum Gasteiger partial charge on any atom is -0.477 e. The van der Waals surface area contributed by atoms with E-state index in [1.54, 1.807) is 6.20 Å². The maximum absolute atomic E-state index is 13.2. The Balaban J connectivity index is 1.40. The molecule has 3 aromatic rings.